The zero-order chi connectivity index (χ0) is 15.7. The van der Waals surface area contributed by atoms with E-state index in [4.69, 9.17) is 18.9 Å². The molecule has 0 N–H and O–H groups in total. The number of benzene rings is 3. The van der Waals surface area contributed by atoms with Crippen molar-refractivity contribution in [2.24, 2.45) is 0 Å². The first-order valence-electron chi connectivity index (χ1n) is 6.93. The zero-order valence-electron chi connectivity index (χ0n) is 13.1. The summed E-state index contributed by atoms with van der Waals surface area (Å²) in [7, 11) is 6.52. The minimum atomic E-state index is 0.580. The van der Waals surface area contributed by atoms with Crippen molar-refractivity contribution >= 4 is 21.5 Å². The lowest BCUT2D eigenvalue weighted by molar-refractivity contribution is 0.327. The van der Waals surface area contributed by atoms with Crippen molar-refractivity contribution in [3.8, 4) is 23.0 Å². The highest BCUT2D eigenvalue weighted by molar-refractivity contribution is 6.14. The van der Waals surface area contributed by atoms with Gasteiger partial charge in [-0.1, -0.05) is 24.3 Å². The first-order chi connectivity index (χ1) is 10.7. The van der Waals surface area contributed by atoms with Crippen LogP contribution >= 0.6 is 0 Å². The molecular weight excluding hydrogens is 280 g/mol. The molecule has 0 heterocycles. The van der Waals surface area contributed by atoms with Gasteiger partial charge < -0.3 is 18.9 Å². The summed E-state index contributed by atoms with van der Waals surface area (Å²) in [5.41, 5.74) is 0. The Balaban J connectivity index is 2.57. The van der Waals surface area contributed by atoms with Gasteiger partial charge in [-0.25, -0.2) is 0 Å². The fourth-order valence-corrected chi connectivity index (χ4v) is 2.87. The van der Waals surface area contributed by atoms with Crippen molar-refractivity contribution in [1.29, 1.82) is 0 Å². The first-order valence-corrected chi connectivity index (χ1v) is 6.93. The standard InChI is InChI=1S/C18H18O4/c1-19-13-7-5-6-11-8-9-12-10-14(20-2)17(21-3)18(22-4)16(12)15(11)13/h5-10H,1-4H3. The fourth-order valence-electron chi connectivity index (χ4n) is 2.87. The number of fused-ring (bicyclic) bond motifs is 3. The van der Waals surface area contributed by atoms with Crippen molar-refractivity contribution in [1.82, 2.24) is 0 Å². The normalized spacial score (nSPS) is 10.7. The number of ether oxygens (including phenoxy) is 4. The van der Waals surface area contributed by atoms with Crippen molar-refractivity contribution in [3.05, 3.63) is 36.4 Å². The van der Waals surface area contributed by atoms with E-state index in [1.165, 1.54) is 0 Å². The van der Waals surface area contributed by atoms with Crippen LogP contribution in [-0.2, 0) is 0 Å². The van der Waals surface area contributed by atoms with Gasteiger partial charge in [-0.3, -0.25) is 0 Å². The molecule has 4 nitrogen and oxygen atoms in total. The van der Waals surface area contributed by atoms with Gasteiger partial charge in [0.1, 0.15) is 5.75 Å². The highest BCUT2D eigenvalue weighted by Crippen LogP contribution is 2.47. The van der Waals surface area contributed by atoms with E-state index in [9.17, 15) is 0 Å². The number of hydrogen-bond acceptors (Lipinski definition) is 4. The second-order valence-corrected chi connectivity index (χ2v) is 4.87. The molecule has 114 valence electrons. The Morgan fingerprint density at radius 2 is 1.27 bits per heavy atom. The summed E-state index contributed by atoms with van der Waals surface area (Å²) in [5, 5.41) is 4.04. The molecule has 0 aliphatic heterocycles. The van der Waals surface area contributed by atoms with E-state index in [-0.39, 0.29) is 0 Å². The maximum atomic E-state index is 5.64. The highest BCUT2D eigenvalue weighted by atomic mass is 16.5. The van der Waals surface area contributed by atoms with E-state index in [0.29, 0.717) is 17.2 Å². The average molecular weight is 298 g/mol. The molecule has 0 atom stereocenters. The lowest BCUT2D eigenvalue weighted by atomic mass is 9.99. The van der Waals surface area contributed by atoms with Crippen LogP contribution in [0, 0.1) is 0 Å². The van der Waals surface area contributed by atoms with Crippen molar-refractivity contribution in [2.45, 2.75) is 0 Å². The van der Waals surface area contributed by atoms with Crippen LogP contribution in [-0.4, -0.2) is 28.4 Å². The molecule has 0 radical (unpaired) electrons. The van der Waals surface area contributed by atoms with E-state index < -0.39 is 0 Å². The number of methoxy groups -OCH3 is 4. The topological polar surface area (TPSA) is 36.9 Å². The summed E-state index contributed by atoms with van der Waals surface area (Å²) < 4.78 is 22.1. The Hall–Kier alpha value is -2.62. The van der Waals surface area contributed by atoms with Crippen molar-refractivity contribution in [2.75, 3.05) is 28.4 Å². The largest absolute Gasteiger partial charge is 0.496 e. The number of hydrogen-bond donors (Lipinski definition) is 0. The van der Waals surface area contributed by atoms with Crippen LogP contribution in [0.15, 0.2) is 36.4 Å². The minimum Gasteiger partial charge on any atom is -0.496 e. The Bertz CT molecular complexity index is 839. The van der Waals surface area contributed by atoms with Crippen molar-refractivity contribution < 1.29 is 18.9 Å². The van der Waals surface area contributed by atoms with E-state index in [2.05, 4.69) is 6.07 Å². The second kappa shape index (κ2) is 5.64. The Kier molecular flexibility index (Phi) is 3.67. The molecule has 0 saturated heterocycles. The van der Waals surface area contributed by atoms with E-state index in [1.807, 2.05) is 30.3 Å². The van der Waals surface area contributed by atoms with E-state index in [1.54, 1.807) is 28.4 Å². The van der Waals surface area contributed by atoms with Gasteiger partial charge in [0.15, 0.2) is 11.5 Å². The van der Waals surface area contributed by atoms with Crippen molar-refractivity contribution in [3.63, 3.8) is 0 Å². The van der Waals surface area contributed by atoms with Gasteiger partial charge in [0.05, 0.1) is 28.4 Å². The van der Waals surface area contributed by atoms with Gasteiger partial charge in [0.25, 0.3) is 0 Å². The van der Waals surface area contributed by atoms with E-state index in [0.717, 1.165) is 27.3 Å². The molecule has 0 unspecified atom stereocenters. The molecule has 0 bridgehead atoms. The molecule has 0 aliphatic rings. The summed E-state index contributed by atoms with van der Waals surface area (Å²) in [5.74, 6) is 2.66. The monoisotopic (exact) mass is 298 g/mol. The summed E-state index contributed by atoms with van der Waals surface area (Å²) in [6.45, 7) is 0. The predicted molar refractivity (Wildman–Crippen MR) is 87.7 cm³/mol. The van der Waals surface area contributed by atoms with Crippen LogP contribution in [0.2, 0.25) is 0 Å². The molecule has 0 aliphatic carbocycles. The van der Waals surface area contributed by atoms with Gasteiger partial charge in [0, 0.05) is 10.8 Å². The molecule has 3 rings (SSSR count). The predicted octanol–water partition coefficient (Wildman–Crippen LogP) is 4.03. The summed E-state index contributed by atoms with van der Waals surface area (Å²) in [4.78, 5) is 0. The van der Waals surface area contributed by atoms with E-state index >= 15 is 0 Å². The SMILES string of the molecule is COc1cc2ccc3cccc(OC)c3c2c(OC)c1OC. The van der Waals surface area contributed by atoms with Gasteiger partial charge >= 0.3 is 0 Å². The lowest BCUT2D eigenvalue weighted by Gasteiger charge is -2.17. The van der Waals surface area contributed by atoms with Crippen LogP contribution in [0.3, 0.4) is 0 Å². The van der Waals surface area contributed by atoms with Crippen LogP contribution in [0.1, 0.15) is 0 Å². The van der Waals surface area contributed by atoms with Crippen LogP contribution in [0.5, 0.6) is 23.0 Å². The molecule has 0 saturated carbocycles. The molecule has 3 aromatic rings. The Morgan fingerprint density at radius 3 is 1.91 bits per heavy atom. The Labute approximate surface area is 129 Å². The maximum Gasteiger partial charge on any atom is 0.203 e. The molecular formula is C18H18O4. The molecule has 4 heteroatoms. The van der Waals surface area contributed by atoms with Gasteiger partial charge in [0.2, 0.25) is 5.75 Å². The molecule has 0 spiro atoms. The summed E-state index contributed by atoms with van der Waals surface area (Å²) in [6.07, 6.45) is 0. The van der Waals surface area contributed by atoms with Gasteiger partial charge in [-0.05, 0) is 22.9 Å². The second-order valence-electron chi connectivity index (χ2n) is 4.87. The van der Waals surface area contributed by atoms with Gasteiger partial charge in [-0.2, -0.15) is 0 Å². The zero-order valence-corrected chi connectivity index (χ0v) is 13.1. The quantitative estimate of drug-likeness (QED) is 0.682. The molecule has 0 fully saturated rings. The third kappa shape index (κ3) is 1.99. The van der Waals surface area contributed by atoms with Gasteiger partial charge in [-0.15, -0.1) is 0 Å². The lowest BCUT2D eigenvalue weighted by Crippen LogP contribution is -1.97. The third-order valence-corrected chi connectivity index (χ3v) is 3.83. The van der Waals surface area contributed by atoms with Crippen LogP contribution in [0.4, 0.5) is 0 Å². The smallest absolute Gasteiger partial charge is 0.203 e. The molecule has 0 aromatic heterocycles. The van der Waals surface area contributed by atoms with Crippen LogP contribution < -0.4 is 18.9 Å². The summed E-state index contributed by atoms with van der Waals surface area (Å²) >= 11 is 0. The Morgan fingerprint density at radius 1 is 0.591 bits per heavy atom. The number of rotatable bonds is 4. The molecule has 0 amide bonds. The first kappa shape index (κ1) is 14.3. The molecule has 22 heavy (non-hydrogen) atoms. The fraction of sp³-hybridized carbons (Fsp3) is 0.222. The van der Waals surface area contributed by atoms with Crippen LogP contribution in [0.25, 0.3) is 21.5 Å². The summed E-state index contributed by atoms with van der Waals surface area (Å²) in [6, 6.07) is 12.0. The third-order valence-electron chi connectivity index (χ3n) is 3.83. The average Bonchev–Trinajstić information content (AvgIpc) is 2.58. The maximum absolute atomic E-state index is 5.64. The minimum absolute atomic E-state index is 0.580. The highest BCUT2D eigenvalue weighted by Gasteiger charge is 2.19. The molecule has 3 aromatic carbocycles.